The van der Waals surface area contributed by atoms with E-state index in [9.17, 15) is 4.79 Å². The Morgan fingerprint density at radius 3 is 2.79 bits per heavy atom. The lowest BCUT2D eigenvalue weighted by atomic mass is 9.99. The number of hydrogen-bond donors (Lipinski definition) is 2. The number of carbonyl (C=O) groups excluding carboxylic acids is 1. The normalized spacial score (nSPS) is 16.5. The fourth-order valence-electron chi connectivity index (χ4n) is 3.18. The highest BCUT2D eigenvalue weighted by Gasteiger charge is 2.30. The first-order chi connectivity index (χ1) is 13.3. The summed E-state index contributed by atoms with van der Waals surface area (Å²) < 4.78 is 0.199. The summed E-state index contributed by atoms with van der Waals surface area (Å²) in [5, 5.41) is 4.13. The lowest BCUT2D eigenvalue weighted by molar-refractivity contribution is -0.115. The minimum Gasteiger partial charge on any atom is -0.383 e. The van der Waals surface area contributed by atoms with Crippen LogP contribution in [0, 0.1) is 0 Å². The van der Waals surface area contributed by atoms with Crippen LogP contribution in [0.1, 0.15) is 31.2 Å². The lowest BCUT2D eigenvalue weighted by Gasteiger charge is -2.28. The highest BCUT2D eigenvalue weighted by Crippen LogP contribution is 2.46. The summed E-state index contributed by atoms with van der Waals surface area (Å²) in [7, 11) is 0. The molecule has 0 fully saturated rings. The van der Waals surface area contributed by atoms with Crippen molar-refractivity contribution in [3.63, 3.8) is 0 Å². The number of benzene rings is 1. The van der Waals surface area contributed by atoms with E-state index in [0.29, 0.717) is 11.0 Å². The minimum atomic E-state index is -0.332. The Kier molecular flexibility index (Phi) is 5.28. The molecule has 1 aliphatic heterocycles. The van der Waals surface area contributed by atoms with Crippen LogP contribution in [0.2, 0.25) is 0 Å². The number of hydrogen-bond acceptors (Lipinski definition) is 7. The van der Waals surface area contributed by atoms with Crippen LogP contribution >= 0.6 is 34.9 Å². The van der Waals surface area contributed by atoms with Crippen LogP contribution in [0.25, 0.3) is 10.2 Å². The molecule has 3 aromatic rings. The van der Waals surface area contributed by atoms with Crippen molar-refractivity contribution in [3.05, 3.63) is 40.8 Å². The number of carbonyl (C=O) groups is 1. The number of nitrogen functional groups attached to an aromatic ring is 1. The highest BCUT2D eigenvalue weighted by atomic mass is 32.2. The molecule has 1 amide bonds. The molecule has 0 unspecified atom stereocenters. The second-order valence-electron chi connectivity index (χ2n) is 7.42. The number of nitrogens with zero attached hydrogens (tertiary/aromatic N) is 2. The second-order valence-corrected chi connectivity index (χ2v) is 11.5. The molecule has 28 heavy (non-hydrogen) atoms. The molecule has 4 rings (SSSR count). The maximum absolute atomic E-state index is 12.5. The van der Waals surface area contributed by atoms with Crippen LogP contribution in [-0.4, -0.2) is 25.9 Å². The number of nitrogens with one attached hydrogen (secondary N) is 1. The number of thioether (sulfide) groups is 2. The maximum Gasteiger partial charge on any atom is 0.237 e. The zero-order valence-electron chi connectivity index (χ0n) is 16.0. The van der Waals surface area contributed by atoms with E-state index in [4.69, 9.17) is 10.7 Å². The van der Waals surface area contributed by atoms with Gasteiger partial charge in [-0.1, -0.05) is 43.8 Å². The van der Waals surface area contributed by atoms with Gasteiger partial charge < -0.3 is 11.1 Å². The fourth-order valence-corrected chi connectivity index (χ4v) is 6.37. The van der Waals surface area contributed by atoms with Gasteiger partial charge in [0.25, 0.3) is 0 Å². The Bertz CT molecular complexity index is 1030. The van der Waals surface area contributed by atoms with Crippen molar-refractivity contribution in [3.8, 4) is 0 Å². The SMILES string of the molecule is C[C@@H](Sc1nc(N)c2c3c(sc2n1)CSC(C)(C)C3)C(=O)Nc1ccccc1. The van der Waals surface area contributed by atoms with E-state index < -0.39 is 0 Å². The Balaban J connectivity index is 1.56. The molecule has 0 spiro atoms. The molecule has 1 atom stereocenters. The summed E-state index contributed by atoms with van der Waals surface area (Å²) in [5.41, 5.74) is 8.40. The molecule has 0 saturated carbocycles. The van der Waals surface area contributed by atoms with Crippen molar-refractivity contribution in [2.75, 3.05) is 11.1 Å². The van der Waals surface area contributed by atoms with Crippen molar-refractivity contribution in [2.24, 2.45) is 0 Å². The van der Waals surface area contributed by atoms with E-state index in [2.05, 4.69) is 24.1 Å². The third-order valence-electron chi connectivity index (χ3n) is 4.63. The number of aromatic nitrogens is 2. The van der Waals surface area contributed by atoms with E-state index in [1.165, 1.54) is 22.2 Å². The third kappa shape index (κ3) is 3.99. The Labute approximate surface area is 176 Å². The zero-order valence-corrected chi connectivity index (χ0v) is 18.4. The smallest absolute Gasteiger partial charge is 0.237 e. The van der Waals surface area contributed by atoms with Crippen molar-refractivity contribution >= 4 is 62.5 Å². The van der Waals surface area contributed by atoms with E-state index >= 15 is 0 Å². The average molecular weight is 431 g/mol. The molecule has 1 aliphatic rings. The predicted octanol–water partition coefficient (Wildman–Crippen LogP) is 4.96. The summed E-state index contributed by atoms with van der Waals surface area (Å²) in [5.74, 6) is 1.42. The summed E-state index contributed by atoms with van der Waals surface area (Å²) in [4.78, 5) is 24.0. The third-order valence-corrected chi connectivity index (χ3v) is 8.26. The summed E-state index contributed by atoms with van der Waals surface area (Å²) in [6.45, 7) is 6.38. The molecule has 3 N–H and O–H groups in total. The molecule has 3 heterocycles. The van der Waals surface area contributed by atoms with Gasteiger partial charge in [0.1, 0.15) is 10.6 Å². The zero-order chi connectivity index (χ0) is 19.9. The van der Waals surface area contributed by atoms with Gasteiger partial charge >= 0.3 is 0 Å². The van der Waals surface area contributed by atoms with Crippen LogP contribution < -0.4 is 11.1 Å². The van der Waals surface area contributed by atoms with Gasteiger partial charge in [-0.05, 0) is 31.0 Å². The Morgan fingerprint density at radius 1 is 1.29 bits per heavy atom. The van der Waals surface area contributed by atoms with Gasteiger partial charge in [0.2, 0.25) is 5.91 Å². The Hall–Kier alpha value is -1.77. The average Bonchev–Trinajstić information content (AvgIpc) is 2.99. The molecule has 1 aromatic carbocycles. The first-order valence-corrected chi connectivity index (χ1v) is 11.7. The van der Waals surface area contributed by atoms with E-state index in [0.717, 1.165) is 28.1 Å². The summed E-state index contributed by atoms with van der Waals surface area (Å²) in [6.07, 6.45) is 0.975. The summed E-state index contributed by atoms with van der Waals surface area (Å²) in [6, 6.07) is 9.43. The molecular formula is C20H22N4OS3. The van der Waals surface area contributed by atoms with Gasteiger partial charge in [-0.25, -0.2) is 9.97 Å². The monoisotopic (exact) mass is 430 g/mol. The van der Waals surface area contributed by atoms with Crippen molar-refractivity contribution in [1.82, 2.24) is 9.97 Å². The van der Waals surface area contributed by atoms with Crippen LogP contribution in [0.3, 0.4) is 0 Å². The maximum atomic E-state index is 12.5. The first-order valence-electron chi connectivity index (χ1n) is 9.07. The van der Waals surface area contributed by atoms with Gasteiger partial charge in [-0.2, -0.15) is 0 Å². The molecule has 0 radical (unpaired) electrons. The van der Waals surface area contributed by atoms with Crippen LogP contribution in [0.5, 0.6) is 0 Å². The lowest BCUT2D eigenvalue weighted by Crippen LogP contribution is -2.23. The quantitative estimate of drug-likeness (QED) is 0.450. The van der Waals surface area contributed by atoms with E-state index in [-0.39, 0.29) is 15.9 Å². The first kappa shape index (κ1) is 19.5. The van der Waals surface area contributed by atoms with Gasteiger partial charge in [0, 0.05) is 21.1 Å². The fraction of sp³-hybridized carbons (Fsp3) is 0.350. The second kappa shape index (κ2) is 7.57. The number of para-hydroxylation sites is 1. The van der Waals surface area contributed by atoms with Crippen molar-refractivity contribution < 1.29 is 4.79 Å². The number of thiophene rings is 1. The Morgan fingerprint density at radius 2 is 2.04 bits per heavy atom. The molecule has 0 aliphatic carbocycles. The topological polar surface area (TPSA) is 80.9 Å². The summed E-state index contributed by atoms with van der Waals surface area (Å²) >= 11 is 5.00. The predicted molar refractivity (Wildman–Crippen MR) is 121 cm³/mol. The van der Waals surface area contributed by atoms with E-state index in [1.807, 2.05) is 49.0 Å². The van der Waals surface area contributed by atoms with Gasteiger partial charge in [0.05, 0.1) is 10.6 Å². The van der Waals surface area contributed by atoms with Crippen LogP contribution in [0.4, 0.5) is 11.5 Å². The van der Waals surface area contributed by atoms with Crippen molar-refractivity contribution in [2.45, 2.75) is 48.1 Å². The number of fused-ring (bicyclic) bond motifs is 3. The largest absolute Gasteiger partial charge is 0.383 e. The number of rotatable bonds is 4. The molecule has 5 nitrogen and oxygen atoms in total. The molecular weight excluding hydrogens is 408 g/mol. The van der Waals surface area contributed by atoms with Gasteiger partial charge in [-0.15, -0.1) is 23.1 Å². The highest BCUT2D eigenvalue weighted by molar-refractivity contribution is 8.00. The standard InChI is InChI=1S/C20H22N4OS3/c1-11(17(25)22-12-7-5-4-6-8-12)27-19-23-16(21)15-13-9-20(2,3)26-10-14(13)28-18(15)24-19/h4-8,11H,9-10H2,1-3H3,(H,22,25)(H2,21,23,24)/t11-/m1/s1. The molecule has 0 saturated heterocycles. The van der Waals surface area contributed by atoms with Gasteiger partial charge in [0.15, 0.2) is 5.16 Å². The van der Waals surface area contributed by atoms with Crippen molar-refractivity contribution in [1.29, 1.82) is 0 Å². The van der Waals surface area contributed by atoms with E-state index in [1.54, 1.807) is 11.3 Å². The molecule has 8 heteroatoms. The molecule has 2 aromatic heterocycles. The van der Waals surface area contributed by atoms with Crippen LogP contribution in [-0.2, 0) is 17.0 Å². The number of nitrogens with two attached hydrogens (primary N) is 1. The van der Waals surface area contributed by atoms with Crippen LogP contribution in [0.15, 0.2) is 35.5 Å². The minimum absolute atomic E-state index is 0.0814. The molecule has 146 valence electrons. The number of anilines is 2. The number of amides is 1. The van der Waals surface area contributed by atoms with Gasteiger partial charge in [-0.3, -0.25) is 4.79 Å². The molecule has 0 bridgehead atoms.